The molecule has 4 aromatic carbocycles. The van der Waals surface area contributed by atoms with Gasteiger partial charge in [0.1, 0.15) is 12.2 Å². The maximum atomic E-state index is 14.3. The fourth-order valence-corrected chi connectivity index (χ4v) is 13.0. The average Bonchev–Trinajstić information content (AvgIpc) is 3.85. The van der Waals surface area contributed by atoms with Gasteiger partial charge in [-0.05, 0) is 100 Å². The largest absolute Gasteiger partial charge is 0.465 e. The Bertz CT molecular complexity index is 2480. The molecule has 384 valence electrons. The van der Waals surface area contributed by atoms with Gasteiger partial charge in [-0.2, -0.15) is 0 Å². The second-order valence-electron chi connectivity index (χ2n) is 21.7. The number of ether oxygens (including phenoxy) is 2. The predicted molar refractivity (Wildman–Crippen MR) is 304 cm³/mol. The molecule has 3 aliphatic carbocycles. The quantitative estimate of drug-likeness (QED) is 0.0278. The molecule has 0 saturated carbocycles. The van der Waals surface area contributed by atoms with Crippen molar-refractivity contribution in [1.29, 1.82) is 0 Å². The molecule has 0 amide bonds. The van der Waals surface area contributed by atoms with Gasteiger partial charge >= 0.3 is 11.9 Å². The van der Waals surface area contributed by atoms with E-state index in [4.69, 9.17) is 9.47 Å². The minimum Gasteiger partial charge on any atom is -0.465 e. The minimum atomic E-state index is -0.416. The Kier molecular flexibility index (Phi) is 20.7. The Morgan fingerprint density at radius 3 is 1.31 bits per heavy atom. The van der Waals surface area contributed by atoms with Gasteiger partial charge in [-0.1, -0.05) is 230 Å². The number of carbonyl (C=O) groups is 2. The normalized spacial score (nSPS) is 14.5. The lowest BCUT2D eigenvalue weighted by molar-refractivity contribution is 0.0588. The molecule has 3 aliphatic rings. The molecular weight excluding hydrogens is 881 g/mol. The summed E-state index contributed by atoms with van der Waals surface area (Å²) in [5.41, 5.74) is 14.6. The zero-order valence-electron chi connectivity index (χ0n) is 45.6. The van der Waals surface area contributed by atoms with Crippen LogP contribution in [0.25, 0.3) is 39.0 Å². The summed E-state index contributed by atoms with van der Waals surface area (Å²) in [4.78, 5) is 28.6. The number of benzene rings is 4. The van der Waals surface area contributed by atoms with Gasteiger partial charge in [-0.15, -0.1) is 0 Å². The zero-order chi connectivity index (χ0) is 50.8. The van der Waals surface area contributed by atoms with E-state index in [9.17, 15) is 9.59 Å². The van der Waals surface area contributed by atoms with Crippen LogP contribution in [0.1, 0.15) is 250 Å². The van der Waals surface area contributed by atoms with Crippen molar-refractivity contribution in [3.63, 3.8) is 0 Å². The maximum Gasteiger partial charge on any atom is 0.338 e. The van der Waals surface area contributed by atoms with Crippen LogP contribution in [0.3, 0.4) is 0 Å². The van der Waals surface area contributed by atoms with Gasteiger partial charge in [-0.3, -0.25) is 0 Å². The molecule has 0 aliphatic heterocycles. The van der Waals surface area contributed by atoms with Crippen LogP contribution in [0, 0.1) is 6.08 Å². The number of fused-ring (bicyclic) bond motifs is 5. The highest BCUT2D eigenvalue weighted by Crippen LogP contribution is 2.57. The first-order chi connectivity index (χ1) is 35.3. The van der Waals surface area contributed by atoms with Crippen molar-refractivity contribution >= 4 is 17.5 Å². The van der Waals surface area contributed by atoms with Crippen molar-refractivity contribution in [3.05, 3.63) is 136 Å². The first-order valence-electron chi connectivity index (χ1n) is 29.1. The molecule has 7 rings (SSSR count). The molecule has 0 atom stereocenters. The number of rotatable bonds is 32. The second kappa shape index (κ2) is 27.3. The van der Waals surface area contributed by atoms with Crippen molar-refractivity contribution in [1.82, 2.24) is 0 Å². The fourth-order valence-electron chi connectivity index (χ4n) is 13.0. The van der Waals surface area contributed by atoms with Gasteiger partial charge in [0, 0.05) is 17.1 Å². The van der Waals surface area contributed by atoms with Crippen LogP contribution in [0.4, 0.5) is 0 Å². The van der Waals surface area contributed by atoms with Crippen LogP contribution in [-0.2, 0) is 20.3 Å². The molecule has 0 heterocycles. The Labute approximate surface area is 436 Å². The predicted octanol–water partition coefficient (Wildman–Crippen LogP) is 19.8. The van der Waals surface area contributed by atoms with Crippen LogP contribution in [0.2, 0.25) is 0 Å². The Balaban J connectivity index is 1.33. The number of hydrogen-bond donors (Lipinski definition) is 0. The average molecular weight is 970 g/mol. The van der Waals surface area contributed by atoms with E-state index in [-0.39, 0.29) is 10.8 Å². The van der Waals surface area contributed by atoms with E-state index in [0.29, 0.717) is 22.3 Å². The van der Waals surface area contributed by atoms with Crippen molar-refractivity contribution in [2.45, 2.75) is 218 Å². The Morgan fingerprint density at radius 2 is 0.833 bits per heavy atom. The van der Waals surface area contributed by atoms with E-state index in [1.54, 1.807) is 0 Å². The third kappa shape index (κ3) is 12.3. The topological polar surface area (TPSA) is 52.6 Å². The van der Waals surface area contributed by atoms with Gasteiger partial charge in [0.15, 0.2) is 0 Å². The van der Waals surface area contributed by atoms with Crippen molar-refractivity contribution in [2.75, 3.05) is 14.2 Å². The maximum absolute atomic E-state index is 14.3. The first kappa shape index (κ1) is 54.7. The standard InChI is InChI=1S/C68H89O4/c1-7-11-15-19-23-31-43-67(44-32-24-20-16-12-8-2)61-37-29-27-35-53(61)55-41-39-51(47-63(55)67)57-49-60(66(70)72-6)58(50-59(57)65(69)71-5)52-40-42-56-54-36-28-30-38-62(54)68(64(56)48-52,45-33-25-21-17-13-9-3)46-34-26-22-18-14-10-4/h27-29,35-42,47-50H,7-26,31-34,43-46H2,1-6H3/q+1. The van der Waals surface area contributed by atoms with Crippen molar-refractivity contribution in [2.24, 2.45) is 0 Å². The van der Waals surface area contributed by atoms with E-state index < -0.39 is 11.9 Å². The third-order valence-corrected chi connectivity index (χ3v) is 16.9. The molecule has 4 aromatic rings. The summed E-state index contributed by atoms with van der Waals surface area (Å²) in [6.45, 7) is 9.15. The lowest BCUT2D eigenvalue weighted by Gasteiger charge is -2.33. The monoisotopic (exact) mass is 970 g/mol. The van der Waals surface area contributed by atoms with E-state index in [1.807, 2.05) is 12.1 Å². The van der Waals surface area contributed by atoms with Gasteiger partial charge in [-0.25, -0.2) is 9.59 Å². The summed E-state index contributed by atoms with van der Waals surface area (Å²) < 4.78 is 11.3. The molecule has 0 saturated heterocycles. The molecule has 0 N–H and O–H groups in total. The number of hydrogen-bond acceptors (Lipinski definition) is 4. The highest BCUT2D eigenvalue weighted by atomic mass is 16.5. The molecule has 0 spiro atoms. The highest BCUT2D eigenvalue weighted by molar-refractivity contribution is 6.06. The van der Waals surface area contributed by atoms with Crippen LogP contribution in [0.5, 0.6) is 0 Å². The number of esters is 2. The molecule has 0 bridgehead atoms. The fraction of sp³-hybridized carbons (Fsp3) is 0.529. The summed E-state index contributed by atoms with van der Waals surface area (Å²) in [5, 5.41) is 0. The van der Waals surface area contributed by atoms with Gasteiger partial charge in [0.2, 0.25) is 0 Å². The lowest BCUT2D eigenvalue weighted by atomic mass is 9.69. The molecular formula is C68H89O4+. The number of unbranched alkanes of at least 4 members (excludes halogenated alkanes) is 20. The summed E-state index contributed by atoms with van der Waals surface area (Å²) >= 11 is 0. The van der Waals surface area contributed by atoms with E-state index in [2.05, 4.69) is 113 Å². The van der Waals surface area contributed by atoms with Crippen LogP contribution in [0.15, 0.2) is 96.6 Å². The Hall–Kier alpha value is -5.05. The van der Waals surface area contributed by atoms with Crippen LogP contribution < -0.4 is 0 Å². The van der Waals surface area contributed by atoms with Crippen molar-refractivity contribution < 1.29 is 19.1 Å². The second-order valence-corrected chi connectivity index (χ2v) is 21.7. The molecule has 4 heteroatoms. The SMILES string of the molecule is CCCCCCCCC1(CCCCCCCC)C2=C(C=C[C+]=C2)c2ccc(-c3cc(C(=O)OC)c(-c4ccc5c(c4)C(CCCCCCCC)(CCCCCCCC)c4ccccc4-5)cc3C(=O)OC)cc21. The molecule has 4 nitrogen and oxygen atoms in total. The van der Waals surface area contributed by atoms with E-state index in [1.165, 1.54) is 200 Å². The van der Waals surface area contributed by atoms with Crippen molar-refractivity contribution in [3.8, 4) is 33.4 Å². The molecule has 0 unspecified atom stereocenters. The first-order valence-corrected chi connectivity index (χ1v) is 29.1. The highest BCUT2D eigenvalue weighted by Gasteiger charge is 2.48. The van der Waals surface area contributed by atoms with Gasteiger partial charge in [0.25, 0.3) is 0 Å². The zero-order valence-corrected chi connectivity index (χ0v) is 45.6. The molecule has 0 radical (unpaired) electrons. The summed E-state index contributed by atoms with van der Waals surface area (Å²) in [7, 11) is 2.93. The summed E-state index contributed by atoms with van der Waals surface area (Å²) in [6.07, 6.45) is 44.4. The molecule has 0 fully saturated rings. The van der Waals surface area contributed by atoms with Gasteiger partial charge in [0.05, 0.1) is 48.0 Å². The molecule has 0 aromatic heterocycles. The number of allylic oxidation sites excluding steroid dienone is 6. The smallest absolute Gasteiger partial charge is 0.338 e. The van der Waals surface area contributed by atoms with E-state index in [0.717, 1.165) is 49.7 Å². The molecule has 72 heavy (non-hydrogen) atoms. The van der Waals surface area contributed by atoms with E-state index >= 15 is 0 Å². The minimum absolute atomic E-state index is 0.134. The third-order valence-electron chi connectivity index (χ3n) is 16.9. The Morgan fingerprint density at radius 1 is 0.431 bits per heavy atom. The summed E-state index contributed by atoms with van der Waals surface area (Å²) in [5.74, 6) is -0.831. The van der Waals surface area contributed by atoms with Crippen LogP contribution >= 0.6 is 0 Å². The summed E-state index contributed by atoms with van der Waals surface area (Å²) in [6, 6.07) is 26.5. The van der Waals surface area contributed by atoms with Crippen LogP contribution in [-0.4, -0.2) is 26.2 Å². The number of methoxy groups -OCH3 is 2. The van der Waals surface area contributed by atoms with Gasteiger partial charge < -0.3 is 9.47 Å². The number of carbonyl (C=O) groups excluding carboxylic acids is 2. The lowest BCUT2D eigenvalue weighted by Crippen LogP contribution is -2.26.